The van der Waals surface area contributed by atoms with Gasteiger partial charge in [0.25, 0.3) is 5.56 Å². The number of rotatable bonds is 3. The molecule has 0 saturated carbocycles. The molecule has 2 aromatic carbocycles. The highest BCUT2D eigenvalue weighted by Crippen LogP contribution is 2.26. The summed E-state index contributed by atoms with van der Waals surface area (Å²) in [6.45, 7) is 1.72. The highest BCUT2D eigenvalue weighted by atomic mass is 16.5. The molecule has 0 unspecified atom stereocenters. The summed E-state index contributed by atoms with van der Waals surface area (Å²) in [7, 11) is 1.60. The van der Waals surface area contributed by atoms with Gasteiger partial charge in [-0.15, -0.1) is 0 Å². The van der Waals surface area contributed by atoms with Gasteiger partial charge in [0, 0.05) is 11.1 Å². The molecule has 0 aliphatic heterocycles. The van der Waals surface area contributed by atoms with Crippen LogP contribution < -0.4 is 10.3 Å². The van der Waals surface area contributed by atoms with E-state index < -0.39 is 0 Å². The highest BCUT2D eigenvalue weighted by molar-refractivity contribution is 5.63. The quantitative estimate of drug-likeness (QED) is 0.739. The third kappa shape index (κ3) is 2.63. The van der Waals surface area contributed by atoms with Crippen LogP contribution in [0.25, 0.3) is 22.8 Å². The maximum absolute atomic E-state index is 12.1. The lowest BCUT2D eigenvalue weighted by Crippen LogP contribution is -2.11. The van der Waals surface area contributed by atoms with E-state index in [-0.39, 0.29) is 5.56 Å². The van der Waals surface area contributed by atoms with Crippen molar-refractivity contribution >= 4 is 0 Å². The summed E-state index contributed by atoms with van der Waals surface area (Å²) in [4.78, 5) is 16.2. The van der Waals surface area contributed by atoms with Crippen LogP contribution in [0.4, 0.5) is 0 Å². The molecule has 0 spiro atoms. The lowest BCUT2D eigenvalue weighted by atomic mass is 10.1. The number of methoxy groups -OCH3 is 1. The molecule has 110 valence electrons. The normalized spacial score (nSPS) is 10.5. The average molecular weight is 293 g/mol. The maximum atomic E-state index is 12.1. The third-order valence-corrected chi connectivity index (χ3v) is 3.44. The molecule has 4 heteroatoms. The van der Waals surface area contributed by atoms with Gasteiger partial charge in [-0.05, 0) is 31.2 Å². The molecule has 0 aliphatic rings. The predicted octanol–water partition coefficient (Wildman–Crippen LogP) is 3.69. The van der Waals surface area contributed by atoms with Gasteiger partial charge in [0.2, 0.25) is 5.89 Å². The summed E-state index contributed by atoms with van der Waals surface area (Å²) < 4.78 is 11.0. The molecule has 3 aromatic rings. The summed E-state index contributed by atoms with van der Waals surface area (Å²) in [5, 5.41) is 0. The van der Waals surface area contributed by atoms with E-state index in [9.17, 15) is 4.79 Å². The molecule has 0 saturated heterocycles. The predicted molar refractivity (Wildman–Crippen MR) is 84.9 cm³/mol. The first-order valence-corrected chi connectivity index (χ1v) is 6.90. The second kappa shape index (κ2) is 5.85. The molecule has 0 radical (unpaired) electrons. The van der Waals surface area contributed by atoms with Crippen LogP contribution in [0.3, 0.4) is 0 Å². The molecular weight excluding hydrogens is 278 g/mol. The SMILES string of the molecule is COc1ccc(-c2nc(=O)c(C)c(-c3ccccc3)o2)cc1. The first-order chi connectivity index (χ1) is 10.7. The standard InChI is InChI=1S/C18H15NO3/c1-12-16(13-6-4-3-5-7-13)22-18(19-17(12)20)14-8-10-15(21-2)11-9-14/h3-11H,1-2H3. The number of aromatic nitrogens is 1. The van der Waals surface area contributed by atoms with Crippen LogP contribution in [0, 0.1) is 6.92 Å². The molecule has 0 N–H and O–H groups in total. The topological polar surface area (TPSA) is 52.3 Å². The summed E-state index contributed by atoms with van der Waals surface area (Å²) in [6, 6.07) is 16.8. The number of hydrogen-bond donors (Lipinski definition) is 0. The van der Waals surface area contributed by atoms with E-state index in [1.807, 2.05) is 42.5 Å². The zero-order chi connectivity index (χ0) is 15.5. The fraction of sp³-hybridized carbons (Fsp3) is 0.111. The van der Waals surface area contributed by atoms with Crippen molar-refractivity contribution in [2.75, 3.05) is 7.11 Å². The lowest BCUT2D eigenvalue weighted by Gasteiger charge is -2.07. The Hall–Kier alpha value is -2.88. The van der Waals surface area contributed by atoms with Crippen LogP contribution in [-0.4, -0.2) is 12.1 Å². The van der Waals surface area contributed by atoms with Crippen molar-refractivity contribution in [1.82, 2.24) is 4.98 Å². The van der Waals surface area contributed by atoms with Crippen molar-refractivity contribution in [3.05, 3.63) is 70.5 Å². The fourth-order valence-corrected chi connectivity index (χ4v) is 2.19. The molecule has 0 fully saturated rings. The molecule has 0 atom stereocenters. The van der Waals surface area contributed by atoms with Crippen LogP contribution >= 0.6 is 0 Å². The van der Waals surface area contributed by atoms with Crippen LogP contribution in [-0.2, 0) is 0 Å². The van der Waals surface area contributed by atoms with E-state index in [0.717, 1.165) is 16.9 Å². The minimum atomic E-state index is -0.282. The van der Waals surface area contributed by atoms with Crippen LogP contribution in [0.1, 0.15) is 5.56 Å². The summed E-state index contributed by atoms with van der Waals surface area (Å²) in [5.74, 6) is 1.59. The average Bonchev–Trinajstić information content (AvgIpc) is 2.58. The van der Waals surface area contributed by atoms with Gasteiger partial charge < -0.3 is 9.15 Å². The lowest BCUT2D eigenvalue weighted by molar-refractivity contribution is 0.415. The van der Waals surface area contributed by atoms with Crippen LogP contribution in [0.2, 0.25) is 0 Å². The van der Waals surface area contributed by atoms with Gasteiger partial charge in [-0.1, -0.05) is 30.3 Å². The van der Waals surface area contributed by atoms with Gasteiger partial charge in [0.05, 0.1) is 12.7 Å². The van der Waals surface area contributed by atoms with Crippen molar-refractivity contribution in [1.29, 1.82) is 0 Å². The van der Waals surface area contributed by atoms with Gasteiger partial charge in [0.1, 0.15) is 11.5 Å². The van der Waals surface area contributed by atoms with E-state index in [2.05, 4.69) is 4.98 Å². The molecular formula is C18H15NO3. The van der Waals surface area contributed by atoms with Crippen molar-refractivity contribution in [2.45, 2.75) is 6.92 Å². The minimum absolute atomic E-state index is 0.282. The first kappa shape index (κ1) is 14.1. The third-order valence-electron chi connectivity index (χ3n) is 3.44. The van der Waals surface area contributed by atoms with E-state index in [0.29, 0.717) is 17.2 Å². The Kier molecular flexibility index (Phi) is 3.74. The van der Waals surface area contributed by atoms with Gasteiger partial charge in [-0.3, -0.25) is 4.79 Å². The smallest absolute Gasteiger partial charge is 0.279 e. The van der Waals surface area contributed by atoms with Gasteiger partial charge in [-0.2, -0.15) is 4.98 Å². The van der Waals surface area contributed by atoms with Crippen molar-refractivity contribution < 1.29 is 9.15 Å². The van der Waals surface area contributed by atoms with Gasteiger partial charge in [0.15, 0.2) is 0 Å². The zero-order valence-electron chi connectivity index (χ0n) is 12.4. The maximum Gasteiger partial charge on any atom is 0.279 e. The fourth-order valence-electron chi connectivity index (χ4n) is 2.19. The monoisotopic (exact) mass is 293 g/mol. The van der Waals surface area contributed by atoms with Crippen LogP contribution in [0.15, 0.2) is 63.8 Å². The molecule has 0 bridgehead atoms. The van der Waals surface area contributed by atoms with E-state index in [4.69, 9.17) is 9.15 Å². The Labute approximate surface area is 128 Å². The van der Waals surface area contributed by atoms with E-state index in [1.165, 1.54) is 0 Å². The molecule has 1 aromatic heterocycles. The Morgan fingerprint density at radius 1 is 0.955 bits per heavy atom. The van der Waals surface area contributed by atoms with Crippen molar-refractivity contribution in [3.63, 3.8) is 0 Å². The van der Waals surface area contributed by atoms with Crippen molar-refractivity contribution in [3.8, 4) is 28.5 Å². The number of hydrogen-bond acceptors (Lipinski definition) is 4. The molecule has 3 rings (SSSR count). The summed E-state index contributed by atoms with van der Waals surface area (Å²) in [5.41, 5.74) is 1.81. The Bertz CT molecular complexity index is 836. The number of nitrogens with zero attached hydrogens (tertiary/aromatic N) is 1. The molecule has 22 heavy (non-hydrogen) atoms. The molecule has 0 aliphatic carbocycles. The summed E-state index contributed by atoms with van der Waals surface area (Å²) >= 11 is 0. The van der Waals surface area contributed by atoms with E-state index >= 15 is 0 Å². The largest absolute Gasteiger partial charge is 0.497 e. The highest BCUT2D eigenvalue weighted by Gasteiger charge is 2.13. The molecule has 4 nitrogen and oxygen atoms in total. The van der Waals surface area contributed by atoms with E-state index in [1.54, 1.807) is 26.2 Å². The van der Waals surface area contributed by atoms with Gasteiger partial charge in [-0.25, -0.2) is 0 Å². The minimum Gasteiger partial charge on any atom is -0.497 e. The second-order valence-corrected chi connectivity index (χ2v) is 4.87. The Morgan fingerprint density at radius 3 is 2.27 bits per heavy atom. The molecule has 1 heterocycles. The molecule has 0 amide bonds. The Morgan fingerprint density at radius 2 is 1.64 bits per heavy atom. The van der Waals surface area contributed by atoms with Gasteiger partial charge >= 0.3 is 0 Å². The van der Waals surface area contributed by atoms with Crippen molar-refractivity contribution in [2.24, 2.45) is 0 Å². The Balaban J connectivity index is 2.13. The zero-order valence-corrected chi connectivity index (χ0v) is 12.4. The summed E-state index contributed by atoms with van der Waals surface area (Å²) in [6.07, 6.45) is 0. The number of ether oxygens (including phenoxy) is 1. The first-order valence-electron chi connectivity index (χ1n) is 6.90. The second-order valence-electron chi connectivity index (χ2n) is 4.87. The van der Waals surface area contributed by atoms with Crippen LogP contribution in [0.5, 0.6) is 5.75 Å². The number of benzene rings is 2.